The lowest BCUT2D eigenvalue weighted by atomic mass is 10.1. The Hall–Kier alpha value is -2.58. The second kappa shape index (κ2) is 9.28. The number of piperidine rings is 1. The van der Waals surface area contributed by atoms with Gasteiger partial charge in [-0.2, -0.15) is 4.31 Å². The molecule has 0 saturated carbocycles. The Bertz CT molecular complexity index is 1010. The Labute approximate surface area is 184 Å². The highest BCUT2D eigenvalue weighted by Gasteiger charge is 2.28. The SMILES string of the molecule is COc1ccc(N2CCN(C(=O)c3cccc(S(=O)(=O)N4CCCCC4)c3)CC2)cc1. The Morgan fingerprint density at radius 3 is 2.19 bits per heavy atom. The summed E-state index contributed by atoms with van der Waals surface area (Å²) in [7, 11) is -1.91. The third-order valence-electron chi connectivity index (χ3n) is 6.04. The third kappa shape index (κ3) is 4.70. The number of amides is 1. The number of ether oxygens (including phenoxy) is 1. The second-order valence-electron chi connectivity index (χ2n) is 7.97. The lowest BCUT2D eigenvalue weighted by Crippen LogP contribution is -2.48. The molecule has 8 heteroatoms. The first kappa shape index (κ1) is 21.6. The highest BCUT2D eigenvalue weighted by Crippen LogP contribution is 2.23. The lowest BCUT2D eigenvalue weighted by Gasteiger charge is -2.36. The standard InChI is InChI=1S/C23H29N3O4S/c1-30-21-10-8-20(9-11-21)24-14-16-25(17-15-24)23(27)19-6-5-7-22(18-19)31(28,29)26-12-3-2-4-13-26/h5-11,18H,2-4,12-17H2,1H3. The average Bonchev–Trinajstić information content (AvgIpc) is 2.84. The van der Waals surface area contributed by atoms with Crippen LogP contribution in [0.15, 0.2) is 53.4 Å². The lowest BCUT2D eigenvalue weighted by molar-refractivity contribution is 0.0746. The van der Waals surface area contributed by atoms with Crippen molar-refractivity contribution >= 4 is 21.6 Å². The van der Waals surface area contributed by atoms with Crippen LogP contribution in [0.25, 0.3) is 0 Å². The molecular formula is C23H29N3O4S. The van der Waals surface area contributed by atoms with Crippen molar-refractivity contribution in [2.45, 2.75) is 24.2 Å². The van der Waals surface area contributed by atoms with Crippen molar-refractivity contribution < 1.29 is 17.9 Å². The van der Waals surface area contributed by atoms with Gasteiger partial charge in [-0.3, -0.25) is 4.79 Å². The van der Waals surface area contributed by atoms with Crippen LogP contribution in [0.4, 0.5) is 5.69 Å². The fourth-order valence-corrected chi connectivity index (χ4v) is 5.75. The van der Waals surface area contributed by atoms with E-state index in [0.717, 1.165) is 43.8 Å². The summed E-state index contributed by atoms with van der Waals surface area (Å²) in [6.07, 6.45) is 2.83. The molecule has 0 unspecified atom stereocenters. The summed E-state index contributed by atoms with van der Waals surface area (Å²) in [4.78, 5) is 17.3. The summed E-state index contributed by atoms with van der Waals surface area (Å²) < 4.78 is 32.7. The molecule has 2 aromatic rings. The van der Waals surface area contributed by atoms with Gasteiger partial charge in [0.1, 0.15) is 5.75 Å². The van der Waals surface area contributed by atoms with Crippen molar-refractivity contribution in [3.8, 4) is 5.75 Å². The van der Waals surface area contributed by atoms with Crippen LogP contribution >= 0.6 is 0 Å². The average molecular weight is 444 g/mol. The predicted molar refractivity (Wildman–Crippen MR) is 120 cm³/mol. The Morgan fingerprint density at radius 2 is 1.55 bits per heavy atom. The fraction of sp³-hybridized carbons (Fsp3) is 0.435. The van der Waals surface area contributed by atoms with Crippen LogP contribution < -0.4 is 9.64 Å². The smallest absolute Gasteiger partial charge is 0.254 e. The molecule has 31 heavy (non-hydrogen) atoms. The normalized spacial score (nSPS) is 18.1. The molecule has 2 fully saturated rings. The predicted octanol–water partition coefficient (Wildman–Crippen LogP) is 2.83. The topological polar surface area (TPSA) is 70.2 Å². The largest absolute Gasteiger partial charge is 0.497 e. The number of benzene rings is 2. The van der Waals surface area contributed by atoms with Gasteiger partial charge in [-0.05, 0) is 55.3 Å². The Morgan fingerprint density at radius 1 is 0.871 bits per heavy atom. The number of nitrogens with zero attached hydrogens (tertiary/aromatic N) is 3. The molecule has 2 saturated heterocycles. The minimum atomic E-state index is -3.56. The van der Waals surface area contributed by atoms with E-state index in [9.17, 15) is 13.2 Å². The van der Waals surface area contributed by atoms with Crippen LogP contribution in [-0.4, -0.2) is 69.9 Å². The molecule has 166 valence electrons. The maximum atomic E-state index is 13.1. The maximum Gasteiger partial charge on any atom is 0.254 e. The van der Waals surface area contributed by atoms with E-state index in [4.69, 9.17) is 4.74 Å². The first-order chi connectivity index (χ1) is 15.0. The number of sulfonamides is 1. The molecule has 0 aliphatic carbocycles. The number of anilines is 1. The first-order valence-electron chi connectivity index (χ1n) is 10.8. The second-order valence-corrected chi connectivity index (χ2v) is 9.91. The summed E-state index contributed by atoms with van der Waals surface area (Å²) in [5.74, 6) is 0.696. The molecule has 2 heterocycles. The van der Waals surface area contributed by atoms with Gasteiger partial charge in [-0.15, -0.1) is 0 Å². The molecule has 7 nitrogen and oxygen atoms in total. The van der Waals surface area contributed by atoms with Crippen molar-refractivity contribution in [1.82, 2.24) is 9.21 Å². The molecule has 0 N–H and O–H groups in total. The summed E-state index contributed by atoms with van der Waals surface area (Å²) in [6.45, 7) is 3.73. The van der Waals surface area contributed by atoms with Crippen LogP contribution in [0.1, 0.15) is 29.6 Å². The van der Waals surface area contributed by atoms with Gasteiger partial charge < -0.3 is 14.5 Å². The van der Waals surface area contributed by atoms with Gasteiger partial charge in [-0.1, -0.05) is 12.5 Å². The fourth-order valence-electron chi connectivity index (χ4n) is 4.19. The molecular weight excluding hydrogens is 414 g/mol. The molecule has 2 aromatic carbocycles. The van der Waals surface area contributed by atoms with E-state index in [1.54, 1.807) is 30.2 Å². The van der Waals surface area contributed by atoms with Gasteiger partial charge in [-0.25, -0.2) is 8.42 Å². The molecule has 0 bridgehead atoms. The van der Waals surface area contributed by atoms with E-state index < -0.39 is 10.0 Å². The van der Waals surface area contributed by atoms with E-state index in [2.05, 4.69) is 4.90 Å². The minimum absolute atomic E-state index is 0.120. The van der Waals surface area contributed by atoms with E-state index in [0.29, 0.717) is 31.7 Å². The summed E-state index contributed by atoms with van der Waals surface area (Å²) in [6, 6.07) is 14.4. The number of methoxy groups -OCH3 is 1. The van der Waals surface area contributed by atoms with E-state index >= 15 is 0 Å². The van der Waals surface area contributed by atoms with Crippen molar-refractivity contribution in [2.24, 2.45) is 0 Å². The molecule has 2 aliphatic heterocycles. The van der Waals surface area contributed by atoms with Crippen LogP contribution in [0.3, 0.4) is 0 Å². The summed E-state index contributed by atoms with van der Waals surface area (Å²) >= 11 is 0. The number of hydrogen-bond acceptors (Lipinski definition) is 5. The molecule has 0 spiro atoms. The number of rotatable bonds is 5. The number of carbonyl (C=O) groups excluding carboxylic acids is 1. The van der Waals surface area contributed by atoms with Crippen LogP contribution in [-0.2, 0) is 10.0 Å². The summed E-state index contributed by atoms with van der Waals surface area (Å²) in [5.41, 5.74) is 1.53. The van der Waals surface area contributed by atoms with Gasteiger partial charge in [0.2, 0.25) is 10.0 Å². The Balaban J connectivity index is 1.42. The molecule has 1 amide bonds. The zero-order chi connectivity index (χ0) is 21.8. The van der Waals surface area contributed by atoms with Crippen molar-refractivity contribution in [3.05, 3.63) is 54.1 Å². The Kier molecular flexibility index (Phi) is 6.48. The van der Waals surface area contributed by atoms with Crippen molar-refractivity contribution in [3.63, 3.8) is 0 Å². The highest BCUT2D eigenvalue weighted by molar-refractivity contribution is 7.89. The quantitative estimate of drug-likeness (QED) is 0.711. The maximum absolute atomic E-state index is 13.1. The van der Waals surface area contributed by atoms with Crippen LogP contribution in [0, 0.1) is 0 Å². The molecule has 4 rings (SSSR count). The van der Waals surface area contributed by atoms with Crippen LogP contribution in [0.2, 0.25) is 0 Å². The van der Waals surface area contributed by atoms with E-state index in [-0.39, 0.29) is 10.8 Å². The summed E-state index contributed by atoms with van der Waals surface area (Å²) in [5, 5.41) is 0. The van der Waals surface area contributed by atoms with Gasteiger partial charge in [0.15, 0.2) is 0 Å². The zero-order valence-electron chi connectivity index (χ0n) is 17.9. The van der Waals surface area contributed by atoms with Crippen molar-refractivity contribution in [1.29, 1.82) is 0 Å². The molecule has 0 radical (unpaired) electrons. The van der Waals surface area contributed by atoms with Crippen LogP contribution in [0.5, 0.6) is 5.75 Å². The van der Waals surface area contributed by atoms with Gasteiger partial charge in [0, 0.05) is 50.5 Å². The monoisotopic (exact) mass is 443 g/mol. The van der Waals surface area contributed by atoms with Gasteiger partial charge in [0.05, 0.1) is 12.0 Å². The highest BCUT2D eigenvalue weighted by atomic mass is 32.2. The van der Waals surface area contributed by atoms with Crippen molar-refractivity contribution in [2.75, 3.05) is 51.3 Å². The van der Waals surface area contributed by atoms with Gasteiger partial charge in [0.25, 0.3) is 5.91 Å². The molecule has 0 atom stereocenters. The number of piperazine rings is 1. The molecule has 0 aromatic heterocycles. The zero-order valence-corrected chi connectivity index (χ0v) is 18.7. The number of hydrogen-bond donors (Lipinski definition) is 0. The van der Waals surface area contributed by atoms with E-state index in [1.807, 2.05) is 24.3 Å². The number of carbonyl (C=O) groups is 1. The van der Waals surface area contributed by atoms with E-state index in [1.165, 1.54) is 10.4 Å². The minimum Gasteiger partial charge on any atom is -0.497 e. The third-order valence-corrected chi connectivity index (χ3v) is 7.93. The first-order valence-corrected chi connectivity index (χ1v) is 12.2. The molecule has 2 aliphatic rings. The van der Waals surface area contributed by atoms with Gasteiger partial charge >= 0.3 is 0 Å².